The third-order valence-electron chi connectivity index (χ3n) is 4.79. The fraction of sp³-hybridized carbons (Fsp3) is 0.429. The molecule has 2 aromatic rings. The van der Waals surface area contributed by atoms with Gasteiger partial charge in [0, 0.05) is 6.54 Å². The van der Waals surface area contributed by atoms with Crippen molar-refractivity contribution in [3.8, 4) is 12.3 Å². The van der Waals surface area contributed by atoms with Crippen molar-refractivity contribution in [3.63, 3.8) is 0 Å². The number of esters is 1. The van der Waals surface area contributed by atoms with Crippen LogP contribution in [0.5, 0.6) is 0 Å². The molecule has 1 amide bonds. The summed E-state index contributed by atoms with van der Waals surface area (Å²) >= 11 is 1.13. The van der Waals surface area contributed by atoms with Gasteiger partial charge in [-0.2, -0.15) is 0 Å². The number of para-hydroxylation sites is 1. The first-order chi connectivity index (χ1) is 13.9. The smallest absolute Gasteiger partial charge is 0.307 e. The van der Waals surface area contributed by atoms with Gasteiger partial charge in [0.15, 0.2) is 5.16 Å². The number of aromatic nitrogens is 2. The number of carbonyl (C=O) groups excluding carboxylic acids is 2. The number of rotatable bonds is 9. The highest BCUT2D eigenvalue weighted by Gasteiger charge is 2.25. The van der Waals surface area contributed by atoms with Gasteiger partial charge in [-0.25, -0.2) is 4.98 Å². The Morgan fingerprint density at radius 3 is 2.62 bits per heavy atom. The van der Waals surface area contributed by atoms with Crippen molar-refractivity contribution in [2.75, 3.05) is 12.9 Å². The molecule has 154 valence electrons. The van der Waals surface area contributed by atoms with Crippen molar-refractivity contribution in [3.05, 3.63) is 34.6 Å². The normalized spacial score (nSPS) is 11.1. The van der Waals surface area contributed by atoms with Crippen molar-refractivity contribution in [2.24, 2.45) is 0 Å². The standard InChI is InChI=1S/C21H25N3O4S/c1-5-21(6-2,7-3)23-17(25)14-29-20-22-16-11-9-8-10-15(16)19(27)24(20)13-12-18(26)28-4/h1,8-11H,6-7,12-14H2,2-4H3,(H,23,25). The fourth-order valence-corrected chi connectivity index (χ4v) is 3.69. The van der Waals surface area contributed by atoms with Crippen molar-refractivity contribution in [2.45, 2.75) is 50.4 Å². The Kier molecular flexibility index (Phi) is 7.85. The number of benzene rings is 1. The Morgan fingerprint density at radius 1 is 1.31 bits per heavy atom. The highest BCUT2D eigenvalue weighted by Crippen LogP contribution is 2.19. The minimum absolute atomic E-state index is 0.0298. The Labute approximate surface area is 174 Å². The quantitative estimate of drug-likeness (QED) is 0.293. The molecule has 0 aliphatic carbocycles. The van der Waals surface area contributed by atoms with Crippen LogP contribution in [0.3, 0.4) is 0 Å². The SMILES string of the molecule is C#CC(CC)(CC)NC(=O)CSc1nc2ccccc2c(=O)n1CCC(=O)OC. The maximum atomic E-state index is 12.9. The summed E-state index contributed by atoms with van der Waals surface area (Å²) in [5.41, 5.74) is -0.406. The van der Waals surface area contributed by atoms with Gasteiger partial charge in [0.1, 0.15) is 5.54 Å². The number of carbonyl (C=O) groups is 2. The summed E-state index contributed by atoms with van der Waals surface area (Å²) in [7, 11) is 1.29. The van der Waals surface area contributed by atoms with Gasteiger partial charge in [-0.3, -0.25) is 19.0 Å². The fourth-order valence-electron chi connectivity index (χ4n) is 2.86. The molecule has 0 saturated heterocycles. The number of ether oxygens (including phenoxy) is 1. The van der Waals surface area contributed by atoms with Crippen LogP contribution in [0.15, 0.2) is 34.2 Å². The molecule has 8 heteroatoms. The van der Waals surface area contributed by atoms with Crippen LogP contribution >= 0.6 is 11.8 Å². The molecule has 7 nitrogen and oxygen atoms in total. The van der Waals surface area contributed by atoms with E-state index < -0.39 is 11.5 Å². The van der Waals surface area contributed by atoms with Crippen LogP contribution in [0.1, 0.15) is 33.1 Å². The van der Waals surface area contributed by atoms with E-state index in [2.05, 4.69) is 21.0 Å². The third kappa shape index (κ3) is 5.39. The minimum atomic E-state index is -0.682. The largest absolute Gasteiger partial charge is 0.469 e. The van der Waals surface area contributed by atoms with Crippen LogP contribution in [0.4, 0.5) is 0 Å². The molecule has 0 bridgehead atoms. The molecule has 1 aromatic carbocycles. The molecule has 0 spiro atoms. The van der Waals surface area contributed by atoms with Gasteiger partial charge in [0.2, 0.25) is 5.91 Å². The molecule has 1 aromatic heterocycles. The van der Waals surface area contributed by atoms with Gasteiger partial charge in [-0.1, -0.05) is 43.7 Å². The van der Waals surface area contributed by atoms with E-state index in [1.54, 1.807) is 24.3 Å². The van der Waals surface area contributed by atoms with Crippen molar-refractivity contribution < 1.29 is 14.3 Å². The lowest BCUT2D eigenvalue weighted by atomic mass is 9.94. The van der Waals surface area contributed by atoms with Crippen LogP contribution in [0, 0.1) is 12.3 Å². The van der Waals surface area contributed by atoms with Gasteiger partial charge >= 0.3 is 5.97 Å². The molecule has 0 atom stereocenters. The second-order valence-corrected chi connectivity index (χ2v) is 7.41. The number of hydrogen-bond donors (Lipinski definition) is 1. The molecule has 0 radical (unpaired) electrons. The van der Waals surface area contributed by atoms with E-state index in [1.165, 1.54) is 11.7 Å². The second-order valence-electron chi connectivity index (χ2n) is 6.46. The summed E-state index contributed by atoms with van der Waals surface area (Å²) in [4.78, 5) is 41.4. The van der Waals surface area contributed by atoms with Gasteiger partial charge in [0.25, 0.3) is 5.56 Å². The molecule has 2 rings (SSSR count). The number of hydrogen-bond acceptors (Lipinski definition) is 6. The van der Waals surface area contributed by atoms with E-state index in [0.29, 0.717) is 28.9 Å². The summed E-state index contributed by atoms with van der Waals surface area (Å²) < 4.78 is 6.07. The minimum Gasteiger partial charge on any atom is -0.469 e. The summed E-state index contributed by atoms with van der Waals surface area (Å²) in [6.07, 6.45) is 6.87. The lowest BCUT2D eigenvalue weighted by Crippen LogP contribution is -2.47. The first kappa shape index (κ1) is 22.5. The summed E-state index contributed by atoms with van der Waals surface area (Å²) in [6.45, 7) is 3.96. The molecular weight excluding hydrogens is 390 g/mol. The summed E-state index contributed by atoms with van der Waals surface area (Å²) in [5, 5.41) is 3.72. The van der Waals surface area contributed by atoms with E-state index in [-0.39, 0.29) is 30.2 Å². The summed E-state index contributed by atoms with van der Waals surface area (Å²) in [6, 6.07) is 6.97. The zero-order chi connectivity index (χ0) is 21.4. The Balaban J connectivity index is 2.28. The number of amides is 1. The molecule has 1 heterocycles. The molecule has 1 N–H and O–H groups in total. The Hall–Kier alpha value is -2.79. The van der Waals surface area contributed by atoms with Crippen LogP contribution in [0.25, 0.3) is 10.9 Å². The monoisotopic (exact) mass is 415 g/mol. The Bertz CT molecular complexity index is 990. The predicted octanol–water partition coefficient (Wildman–Crippen LogP) is 2.36. The first-order valence-corrected chi connectivity index (χ1v) is 10.4. The molecule has 0 fully saturated rings. The van der Waals surface area contributed by atoms with Crippen molar-refractivity contribution >= 4 is 34.5 Å². The lowest BCUT2D eigenvalue weighted by Gasteiger charge is -2.27. The number of thioether (sulfide) groups is 1. The lowest BCUT2D eigenvalue weighted by molar-refractivity contribution is -0.140. The molecular formula is C21H25N3O4S. The molecule has 0 aliphatic rings. The van der Waals surface area contributed by atoms with Crippen molar-refractivity contribution in [1.82, 2.24) is 14.9 Å². The zero-order valence-corrected chi connectivity index (χ0v) is 17.7. The molecule has 0 aliphatic heterocycles. The molecule has 29 heavy (non-hydrogen) atoms. The van der Waals surface area contributed by atoms with Gasteiger partial charge < -0.3 is 10.1 Å². The zero-order valence-electron chi connectivity index (χ0n) is 16.9. The number of methoxy groups -OCH3 is 1. The Morgan fingerprint density at radius 2 is 2.00 bits per heavy atom. The summed E-state index contributed by atoms with van der Waals surface area (Å²) in [5.74, 6) is 2.05. The molecule has 0 unspecified atom stereocenters. The average molecular weight is 416 g/mol. The highest BCUT2D eigenvalue weighted by molar-refractivity contribution is 7.99. The van der Waals surface area contributed by atoms with Crippen LogP contribution in [-0.2, 0) is 20.9 Å². The highest BCUT2D eigenvalue weighted by atomic mass is 32.2. The maximum absolute atomic E-state index is 12.9. The molecule has 0 saturated carbocycles. The van der Waals surface area contributed by atoms with Gasteiger partial charge in [-0.15, -0.1) is 6.42 Å². The van der Waals surface area contributed by atoms with E-state index >= 15 is 0 Å². The van der Waals surface area contributed by atoms with Crippen LogP contribution < -0.4 is 10.9 Å². The topological polar surface area (TPSA) is 90.3 Å². The van der Waals surface area contributed by atoms with Crippen LogP contribution in [-0.4, -0.2) is 39.8 Å². The maximum Gasteiger partial charge on any atom is 0.307 e. The second kappa shape index (κ2) is 10.1. The number of fused-ring (bicyclic) bond motifs is 1. The third-order valence-corrected chi connectivity index (χ3v) is 5.76. The van der Waals surface area contributed by atoms with Crippen molar-refractivity contribution in [1.29, 1.82) is 0 Å². The van der Waals surface area contributed by atoms with Crippen LogP contribution in [0.2, 0.25) is 0 Å². The number of terminal acetylenes is 1. The van der Waals surface area contributed by atoms with Gasteiger partial charge in [-0.05, 0) is 25.0 Å². The van der Waals surface area contributed by atoms with E-state index in [4.69, 9.17) is 6.42 Å². The average Bonchev–Trinajstić information content (AvgIpc) is 2.75. The van der Waals surface area contributed by atoms with E-state index in [1.807, 2.05) is 13.8 Å². The first-order valence-electron chi connectivity index (χ1n) is 9.37. The number of nitrogens with one attached hydrogen (secondary N) is 1. The van der Waals surface area contributed by atoms with E-state index in [0.717, 1.165) is 11.8 Å². The van der Waals surface area contributed by atoms with Gasteiger partial charge in [0.05, 0.1) is 30.2 Å². The number of nitrogens with zero attached hydrogens (tertiary/aromatic N) is 2. The predicted molar refractivity (Wildman–Crippen MR) is 114 cm³/mol. The van der Waals surface area contributed by atoms with E-state index in [9.17, 15) is 14.4 Å².